The summed E-state index contributed by atoms with van der Waals surface area (Å²) < 4.78 is 5.91. The van der Waals surface area contributed by atoms with Crippen LogP contribution in [0.25, 0.3) is 0 Å². The van der Waals surface area contributed by atoms with Gasteiger partial charge in [0.15, 0.2) is 0 Å². The molecule has 0 bridgehead atoms. The summed E-state index contributed by atoms with van der Waals surface area (Å²) >= 11 is 0. The molecule has 92 valence electrons. The summed E-state index contributed by atoms with van der Waals surface area (Å²) in [5.41, 5.74) is 0. The minimum atomic E-state index is 0.335. The minimum absolute atomic E-state index is 0.335. The predicted molar refractivity (Wildman–Crippen MR) is 67.1 cm³/mol. The lowest BCUT2D eigenvalue weighted by Crippen LogP contribution is -2.36. The van der Waals surface area contributed by atoms with Gasteiger partial charge in [0.25, 0.3) is 0 Å². The number of nitrogens with zero attached hydrogens (tertiary/aromatic N) is 1. The van der Waals surface area contributed by atoms with E-state index in [1.165, 1.54) is 25.7 Å². The van der Waals surface area contributed by atoms with Crippen LogP contribution in [-0.4, -0.2) is 30.8 Å². The molecule has 2 nitrogen and oxygen atoms in total. The van der Waals surface area contributed by atoms with Crippen molar-refractivity contribution in [1.29, 1.82) is 0 Å². The van der Waals surface area contributed by atoms with Crippen LogP contribution in [0.4, 0.5) is 0 Å². The maximum Gasteiger partial charge on any atom is 0.110 e. The molecule has 0 heterocycles. The van der Waals surface area contributed by atoms with Gasteiger partial charge in [-0.25, -0.2) is 0 Å². The van der Waals surface area contributed by atoms with Crippen LogP contribution in [0.2, 0.25) is 0 Å². The summed E-state index contributed by atoms with van der Waals surface area (Å²) in [5.74, 6) is 0. The molecular formula is C13H29NO. The number of unbranched alkanes of at least 4 members (excludes halogenated alkanes) is 3. The van der Waals surface area contributed by atoms with E-state index in [9.17, 15) is 0 Å². The van der Waals surface area contributed by atoms with Crippen LogP contribution >= 0.6 is 0 Å². The highest BCUT2D eigenvalue weighted by Crippen LogP contribution is 2.07. The van der Waals surface area contributed by atoms with Crippen LogP contribution < -0.4 is 0 Å². The molecule has 0 aromatic carbocycles. The summed E-state index contributed by atoms with van der Waals surface area (Å²) in [5, 5.41) is 0. The molecule has 0 saturated heterocycles. The second-order valence-corrected chi connectivity index (χ2v) is 4.02. The van der Waals surface area contributed by atoms with Crippen LogP contribution in [0.3, 0.4) is 0 Å². The Kier molecular flexibility index (Phi) is 10.4. The molecule has 0 N–H and O–H groups in total. The first-order valence-electron chi connectivity index (χ1n) is 6.65. The third-order valence-electron chi connectivity index (χ3n) is 2.88. The predicted octanol–water partition coefficient (Wildman–Crippen LogP) is 3.66. The standard InChI is InChI=1S/C13H29NO/c1-5-9-10-11-12-15-13(6-2)14(7-3)8-4/h13H,5-12H2,1-4H3. The number of rotatable bonds is 10. The molecule has 0 rings (SSSR count). The summed E-state index contributed by atoms with van der Waals surface area (Å²) in [7, 11) is 0. The van der Waals surface area contributed by atoms with Gasteiger partial charge in [-0.2, -0.15) is 0 Å². The summed E-state index contributed by atoms with van der Waals surface area (Å²) in [6, 6.07) is 0. The molecule has 0 aliphatic rings. The Hall–Kier alpha value is -0.0800. The van der Waals surface area contributed by atoms with Crippen LogP contribution in [0.1, 0.15) is 59.8 Å². The lowest BCUT2D eigenvalue weighted by atomic mass is 10.2. The largest absolute Gasteiger partial charge is 0.363 e. The van der Waals surface area contributed by atoms with Gasteiger partial charge in [0, 0.05) is 6.61 Å². The van der Waals surface area contributed by atoms with Gasteiger partial charge in [-0.15, -0.1) is 0 Å². The highest BCUT2D eigenvalue weighted by molar-refractivity contribution is 4.58. The van der Waals surface area contributed by atoms with Crippen molar-refractivity contribution in [3.63, 3.8) is 0 Å². The smallest absolute Gasteiger partial charge is 0.110 e. The first-order chi connectivity index (χ1) is 7.29. The van der Waals surface area contributed by atoms with Crippen molar-refractivity contribution < 1.29 is 4.74 Å². The van der Waals surface area contributed by atoms with Gasteiger partial charge in [-0.05, 0) is 25.9 Å². The zero-order valence-corrected chi connectivity index (χ0v) is 11.1. The van der Waals surface area contributed by atoms with Crippen molar-refractivity contribution in [1.82, 2.24) is 4.90 Å². The third kappa shape index (κ3) is 6.91. The highest BCUT2D eigenvalue weighted by Gasteiger charge is 2.12. The van der Waals surface area contributed by atoms with E-state index in [4.69, 9.17) is 4.74 Å². The molecule has 0 aliphatic carbocycles. The average molecular weight is 215 g/mol. The molecule has 15 heavy (non-hydrogen) atoms. The normalized spacial score (nSPS) is 13.4. The maximum atomic E-state index is 5.91. The molecule has 0 aromatic rings. The van der Waals surface area contributed by atoms with Crippen molar-refractivity contribution in [2.75, 3.05) is 19.7 Å². The average Bonchev–Trinajstić information content (AvgIpc) is 2.27. The Bertz CT molecular complexity index is 124. The summed E-state index contributed by atoms with van der Waals surface area (Å²) in [4.78, 5) is 2.39. The first kappa shape index (κ1) is 14.9. The van der Waals surface area contributed by atoms with E-state index in [1.807, 2.05) is 0 Å². The highest BCUT2D eigenvalue weighted by atomic mass is 16.5. The molecule has 1 atom stereocenters. The first-order valence-corrected chi connectivity index (χ1v) is 6.65. The molecule has 0 radical (unpaired) electrons. The molecule has 0 aromatic heterocycles. The van der Waals surface area contributed by atoms with E-state index >= 15 is 0 Å². The molecule has 2 heteroatoms. The zero-order chi connectivity index (χ0) is 11.5. The van der Waals surface area contributed by atoms with E-state index in [0.717, 1.165) is 26.1 Å². The van der Waals surface area contributed by atoms with Gasteiger partial charge in [0.2, 0.25) is 0 Å². The lowest BCUT2D eigenvalue weighted by molar-refractivity contribution is -0.0582. The summed E-state index contributed by atoms with van der Waals surface area (Å²) in [6.45, 7) is 11.9. The van der Waals surface area contributed by atoms with Gasteiger partial charge in [-0.3, -0.25) is 4.90 Å². The van der Waals surface area contributed by atoms with Crippen LogP contribution in [0.15, 0.2) is 0 Å². The van der Waals surface area contributed by atoms with Crippen molar-refractivity contribution in [2.24, 2.45) is 0 Å². The topological polar surface area (TPSA) is 12.5 Å². The van der Waals surface area contributed by atoms with Crippen LogP contribution in [-0.2, 0) is 4.74 Å². The molecule has 0 amide bonds. The zero-order valence-electron chi connectivity index (χ0n) is 11.1. The van der Waals surface area contributed by atoms with Crippen molar-refractivity contribution >= 4 is 0 Å². The molecular weight excluding hydrogens is 186 g/mol. The second-order valence-electron chi connectivity index (χ2n) is 4.02. The molecule has 0 fully saturated rings. The monoisotopic (exact) mass is 215 g/mol. The van der Waals surface area contributed by atoms with E-state index in [0.29, 0.717) is 6.23 Å². The quantitative estimate of drug-likeness (QED) is 0.407. The van der Waals surface area contributed by atoms with E-state index < -0.39 is 0 Å². The van der Waals surface area contributed by atoms with Gasteiger partial charge >= 0.3 is 0 Å². The molecule has 0 saturated carbocycles. The van der Waals surface area contributed by atoms with Gasteiger partial charge in [-0.1, -0.05) is 47.0 Å². The summed E-state index contributed by atoms with van der Waals surface area (Å²) in [6.07, 6.45) is 6.59. The fraction of sp³-hybridized carbons (Fsp3) is 1.00. The Morgan fingerprint density at radius 1 is 0.933 bits per heavy atom. The SMILES string of the molecule is CCCCCCOC(CC)N(CC)CC. The van der Waals surface area contributed by atoms with Crippen molar-refractivity contribution in [3.05, 3.63) is 0 Å². The third-order valence-corrected chi connectivity index (χ3v) is 2.88. The maximum absolute atomic E-state index is 5.91. The van der Waals surface area contributed by atoms with Gasteiger partial charge in [0.1, 0.15) is 6.23 Å². The molecule has 0 spiro atoms. The fourth-order valence-corrected chi connectivity index (χ4v) is 1.86. The van der Waals surface area contributed by atoms with Crippen LogP contribution in [0, 0.1) is 0 Å². The number of ether oxygens (including phenoxy) is 1. The van der Waals surface area contributed by atoms with E-state index in [-0.39, 0.29) is 0 Å². The minimum Gasteiger partial charge on any atom is -0.363 e. The van der Waals surface area contributed by atoms with Crippen LogP contribution in [0.5, 0.6) is 0 Å². The number of hydrogen-bond acceptors (Lipinski definition) is 2. The number of hydrogen-bond donors (Lipinski definition) is 0. The van der Waals surface area contributed by atoms with E-state index in [1.54, 1.807) is 0 Å². The Morgan fingerprint density at radius 3 is 2.07 bits per heavy atom. The molecule has 1 unspecified atom stereocenters. The Morgan fingerprint density at radius 2 is 1.60 bits per heavy atom. The Labute approximate surface area is 96.0 Å². The van der Waals surface area contributed by atoms with Crippen molar-refractivity contribution in [2.45, 2.75) is 66.0 Å². The Balaban J connectivity index is 3.60. The van der Waals surface area contributed by atoms with E-state index in [2.05, 4.69) is 32.6 Å². The van der Waals surface area contributed by atoms with Gasteiger partial charge < -0.3 is 4.74 Å². The fourth-order valence-electron chi connectivity index (χ4n) is 1.86. The molecule has 0 aliphatic heterocycles. The van der Waals surface area contributed by atoms with Crippen molar-refractivity contribution in [3.8, 4) is 0 Å². The van der Waals surface area contributed by atoms with Gasteiger partial charge in [0.05, 0.1) is 0 Å². The lowest BCUT2D eigenvalue weighted by Gasteiger charge is -2.28. The second kappa shape index (κ2) is 10.4.